The fourth-order valence-electron chi connectivity index (χ4n) is 4.67. The molecule has 2 aromatic heterocycles. The van der Waals surface area contributed by atoms with E-state index in [1.807, 2.05) is 48.7 Å². The summed E-state index contributed by atoms with van der Waals surface area (Å²) >= 11 is 0. The molecule has 1 radical (unpaired) electrons. The van der Waals surface area contributed by atoms with Crippen LogP contribution in [0.15, 0.2) is 103 Å². The summed E-state index contributed by atoms with van der Waals surface area (Å²) in [4.78, 5) is 12.1. The number of fused-ring (bicyclic) bond motifs is 3. The van der Waals surface area contributed by atoms with Crippen molar-refractivity contribution in [3.8, 4) is 33.6 Å². The van der Waals surface area contributed by atoms with Crippen LogP contribution in [0.5, 0.6) is 0 Å². The Morgan fingerprint density at radius 3 is 2.28 bits per heavy atom. The molecule has 6 rings (SSSR count). The Kier molecular flexibility index (Phi) is 7.55. The molecule has 177 valence electrons. The van der Waals surface area contributed by atoms with Crippen molar-refractivity contribution >= 4 is 5.69 Å². The Balaban J connectivity index is 0.000000178. The fourth-order valence-corrected chi connectivity index (χ4v) is 4.67. The summed E-state index contributed by atoms with van der Waals surface area (Å²) in [6, 6.07) is 36.5. The van der Waals surface area contributed by atoms with Gasteiger partial charge in [-0.25, -0.2) is 4.85 Å². The molecule has 5 aromatic rings. The molecule has 0 amide bonds. The number of pyridine rings is 2. The third-order valence-electron chi connectivity index (χ3n) is 6.29. The Morgan fingerprint density at radius 2 is 1.53 bits per heavy atom. The molecule has 0 bridgehead atoms. The van der Waals surface area contributed by atoms with Gasteiger partial charge >= 0.3 is 0 Å². The van der Waals surface area contributed by atoms with Crippen molar-refractivity contribution in [2.45, 2.75) is 19.3 Å². The number of aromatic nitrogens is 2. The number of benzene rings is 3. The second kappa shape index (κ2) is 10.8. The van der Waals surface area contributed by atoms with E-state index in [0.717, 1.165) is 22.5 Å². The van der Waals surface area contributed by atoms with Crippen LogP contribution in [0.2, 0.25) is 0 Å². The first kappa shape index (κ1) is 25.2. The van der Waals surface area contributed by atoms with E-state index in [4.69, 9.17) is 6.57 Å². The van der Waals surface area contributed by atoms with E-state index in [2.05, 4.69) is 77.2 Å². The molecule has 0 saturated heterocycles. The molecule has 36 heavy (non-hydrogen) atoms. The van der Waals surface area contributed by atoms with Crippen LogP contribution in [0.1, 0.15) is 25.0 Å². The zero-order chi connectivity index (χ0) is 24.3. The summed E-state index contributed by atoms with van der Waals surface area (Å²) in [5.74, 6) is 0. The van der Waals surface area contributed by atoms with Crippen LogP contribution in [0, 0.1) is 18.7 Å². The van der Waals surface area contributed by atoms with Crippen molar-refractivity contribution in [1.82, 2.24) is 9.97 Å². The molecule has 0 atom stereocenters. The Morgan fingerprint density at radius 1 is 0.750 bits per heavy atom. The standard InChI is InChI=1S/C20H16N.C12H7N2.Ir/c1-20(2)17-11-4-3-8-14(17)15-9-7-10-16(19(15)20)18-12-5-6-13-21-18;1-13-11-7-8-14-12(9-11)10-5-3-2-4-6-10;/h3-9,11-13H,1-2H3;2-5,7-9H;/q2*-1;. The molecular weight excluding hydrogens is 619 g/mol. The minimum absolute atomic E-state index is 0. The van der Waals surface area contributed by atoms with E-state index in [-0.39, 0.29) is 25.5 Å². The molecule has 0 spiro atoms. The van der Waals surface area contributed by atoms with Gasteiger partial charge in [-0.05, 0) is 40.1 Å². The molecule has 4 heteroatoms. The molecule has 0 N–H and O–H groups in total. The molecule has 0 unspecified atom stereocenters. The van der Waals surface area contributed by atoms with Crippen LogP contribution in [0.3, 0.4) is 0 Å². The monoisotopic (exact) mass is 642 g/mol. The quantitative estimate of drug-likeness (QED) is 0.183. The maximum Gasteiger partial charge on any atom is 0.181 e. The average Bonchev–Trinajstić information content (AvgIpc) is 3.17. The predicted octanol–water partition coefficient (Wildman–Crippen LogP) is 7.95. The third kappa shape index (κ3) is 4.77. The van der Waals surface area contributed by atoms with Crippen molar-refractivity contribution in [3.05, 3.63) is 138 Å². The fraction of sp³-hybridized carbons (Fsp3) is 0.0938. The van der Waals surface area contributed by atoms with Gasteiger partial charge in [-0.2, -0.15) is 0 Å². The van der Waals surface area contributed by atoms with E-state index in [1.165, 1.54) is 22.3 Å². The molecular formula is C32H23IrN3-2. The van der Waals surface area contributed by atoms with Crippen molar-refractivity contribution in [2.75, 3.05) is 0 Å². The van der Waals surface area contributed by atoms with Gasteiger partial charge in [0.25, 0.3) is 0 Å². The van der Waals surface area contributed by atoms with Gasteiger partial charge in [0.2, 0.25) is 0 Å². The Hall–Kier alpha value is -3.90. The number of hydrogen-bond acceptors (Lipinski definition) is 2. The Labute approximate surface area is 226 Å². The smallest absolute Gasteiger partial charge is 0.181 e. The normalized spacial score (nSPS) is 12.1. The van der Waals surface area contributed by atoms with Gasteiger partial charge in [0.1, 0.15) is 0 Å². The van der Waals surface area contributed by atoms with Gasteiger partial charge in [-0.15, -0.1) is 65.2 Å². The molecule has 1 aliphatic carbocycles. The molecule has 1 aliphatic rings. The Bertz CT molecular complexity index is 1520. The molecule has 2 heterocycles. The predicted molar refractivity (Wildman–Crippen MR) is 141 cm³/mol. The minimum atomic E-state index is -0.0173. The molecule has 3 aromatic carbocycles. The first-order chi connectivity index (χ1) is 17.1. The third-order valence-corrected chi connectivity index (χ3v) is 6.29. The summed E-state index contributed by atoms with van der Waals surface area (Å²) in [6.07, 6.45) is 3.49. The first-order valence-corrected chi connectivity index (χ1v) is 11.5. The summed E-state index contributed by atoms with van der Waals surface area (Å²) < 4.78 is 0. The molecule has 0 aliphatic heterocycles. The van der Waals surface area contributed by atoms with Crippen molar-refractivity contribution in [3.63, 3.8) is 0 Å². The summed E-state index contributed by atoms with van der Waals surface area (Å²) in [5.41, 5.74) is 9.78. The zero-order valence-electron chi connectivity index (χ0n) is 20.0. The SMILES string of the molecule is CC1(C)c2ccccc2-c2cc[c-]c(-c3ccccn3)c21.[C-]#[N+]c1ccnc(-c2[c-]cccc2)c1.[Ir]. The van der Waals surface area contributed by atoms with Gasteiger partial charge in [0.15, 0.2) is 5.69 Å². The number of nitrogens with zero attached hydrogens (tertiary/aromatic N) is 3. The maximum absolute atomic E-state index is 6.89. The largest absolute Gasteiger partial charge is 0.307 e. The van der Waals surface area contributed by atoms with E-state index in [9.17, 15) is 0 Å². The van der Waals surface area contributed by atoms with E-state index in [0.29, 0.717) is 5.69 Å². The van der Waals surface area contributed by atoms with Crippen molar-refractivity contribution < 1.29 is 20.1 Å². The van der Waals surface area contributed by atoms with E-state index in [1.54, 1.807) is 18.3 Å². The van der Waals surface area contributed by atoms with E-state index < -0.39 is 0 Å². The van der Waals surface area contributed by atoms with Crippen LogP contribution in [-0.2, 0) is 25.5 Å². The maximum atomic E-state index is 6.89. The molecule has 0 fully saturated rings. The molecule has 0 saturated carbocycles. The van der Waals surface area contributed by atoms with Gasteiger partial charge in [-0.3, -0.25) is 0 Å². The summed E-state index contributed by atoms with van der Waals surface area (Å²) in [7, 11) is 0. The minimum Gasteiger partial charge on any atom is -0.307 e. The van der Waals surface area contributed by atoms with Gasteiger partial charge in [-0.1, -0.05) is 61.9 Å². The van der Waals surface area contributed by atoms with Gasteiger partial charge < -0.3 is 9.97 Å². The number of rotatable bonds is 2. The van der Waals surface area contributed by atoms with Gasteiger partial charge in [0.05, 0.1) is 6.57 Å². The van der Waals surface area contributed by atoms with Crippen LogP contribution in [0.4, 0.5) is 5.69 Å². The van der Waals surface area contributed by atoms with Crippen molar-refractivity contribution in [2.24, 2.45) is 0 Å². The van der Waals surface area contributed by atoms with Crippen LogP contribution in [0.25, 0.3) is 38.5 Å². The van der Waals surface area contributed by atoms with Gasteiger partial charge in [0, 0.05) is 32.5 Å². The number of hydrogen-bond donors (Lipinski definition) is 0. The first-order valence-electron chi connectivity index (χ1n) is 11.5. The van der Waals surface area contributed by atoms with Crippen LogP contribution < -0.4 is 0 Å². The average molecular weight is 642 g/mol. The van der Waals surface area contributed by atoms with Crippen LogP contribution in [-0.4, -0.2) is 9.97 Å². The van der Waals surface area contributed by atoms with Crippen molar-refractivity contribution in [1.29, 1.82) is 0 Å². The second-order valence-corrected chi connectivity index (χ2v) is 8.81. The summed E-state index contributed by atoms with van der Waals surface area (Å²) in [5, 5.41) is 0. The second-order valence-electron chi connectivity index (χ2n) is 8.81. The van der Waals surface area contributed by atoms with E-state index >= 15 is 0 Å². The summed E-state index contributed by atoms with van der Waals surface area (Å²) in [6.45, 7) is 11.5. The molecule has 3 nitrogen and oxygen atoms in total. The van der Waals surface area contributed by atoms with Crippen LogP contribution >= 0.6 is 0 Å². The zero-order valence-corrected chi connectivity index (χ0v) is 22.4. The topological polar surface area (TPSA) is 30.1 Å².